The number of thiocarbonyl (C=S) groups is 2. The monoisotopic (exact) mass is 440 g/mol. The molecule has 166 valence electrons. The summed E-state index contributed by atoms with van der Waals surface area (Å²) in [7, 11) is 0. The van der Waals surface area contributed by atoms with E-state index in [0.717, 1.165) is 36.8 Å². The summed E-state index contributed by atoms with van der Waals surface area (Å²) in [6.45, 7) is 10.2. The van der Waals surface area contributed by atoms with E-state index in [9.17, 15) is 4.79 Å². The second kappa shape index (κ2) is 11.0. The Morgan fingerprint density at radius 2 is 1.97 bits per heavy atom. The van der Waals surface area contributed by atoms with Crippen molar-refractivity contribution < 1.29 is 4.79 Å². The topological polar surface area (TPSA) is 70.4 Å². The summed E-state index contributed by atoms with van der Waals surface area (Å²) in [6, 6.07) is -0.174. The first kappa shape index (κ1) is 24.5. The highest BCUT2D eigenvalue weighted by molar-refractivity contribution is 7.80. The average molecular weight is 441 g/mol. The summed E-state index contributed by atoms with van der Waals surface area (Å²) in [5.74, 6) is 1.50. The van der Waals surface area contributed by atoms with E-state index in [4.69, 9.17) is 30.2 Å². The predicted molar refractivity (Wildman–Crippen MR) is 129 cm³/mol. The molecule has 2 aliphatic rings. The van der Waals surface area contributed by atoms with Gasteiger partial charge in [-0.3, -0.25) is 4.79 Å². The fourth-order valence-corrected chi connectivity index (χ4v) is 4.81. The van der Waals surface area contributed by atoms with E-state index in [1.807, 2.05) is 4.90 Å². The maximum absolute atomic E-state index is 13.3. The van der Waals surface area contributed by atoms with Gasteiger partial charge in [-0.1, -0.05) is 71.4 Å². The van der Waals surface area contributed by atoms with Gasteiger partial charge in [0, 0.05) is 31.6 Å². The van der Waals surface area contributed by atoms with Gasteiger partial charge in [-0.05, 0) is 37.0 Å². The van der Waals surface area contributed by atoms with Crippen molar-refractivity contribution >= 4 is 40.3 Å². The lowest BCUT2D eigenvalue weighted by molar-refractivity contribution is -0.136. The summed E-state index contributed by atoms with van der Waals surface area (Å²) < 4.78 is 0. The molecule has 0 aromatic carbocycles. The predicted octanol–water partition coefficient (Wildman–Crippen LogP) is 3.40. The normalized spacial score (nSPS) is 25.3. The van der Waals surface area contributed by atoms with E-state index < -0.39 is 0 Å². The molecule has 29 heavy (non-hydrogen) atoms. The van der Waals surface area contributed by atoms with Crippen molar-refractivity contribution in [3.63, 3.8) is 0 Å². The van der Waals surface area contributed by atoms with Gasteiger partial charge in [-0.15, -0.1) is 0 Å². The first-order valence-corrected chi connectivity index (χ1v) is 12.1. The van der Waals surface area contributed by atoms with Crippen LogP contribution in [0, 0.1) is 17.3 Å². The molecule has 1 heterocycles. The van der Waals surface area contributed by atoms with E-state index >= 15 is 0 Å². The van der Waals surface area contributed by atoms with Crippen molar-refractivity contribution in [2.24, 2.45) is 23.0 Å². The maximum Gasteiger partial charge on any atom is 0.245 e. The van der Waals surface area contributed by atoms with Crippen molar-refractivity contribution in [1.82, 2.24) is 15.5 Å². The summed E-state index contributed by atoms with van der Waals surface area (Å²) >= 11 is 10.9. The average Bonchev–Trinajstić information content (AvgIpc) is 3.10. The van der Waals surface area contributed by atoms with Crippen molar-refractivity contribution in [2.45, 2.75) is 84.7 Å². The molecule has 1 unspecified atom stereocenters. The molecule has 2 fully saturated rings. The van der Waals surface area contributed by atoms with E-state index in [2.05, 4.69) is 38.3 Å². The molecule has 0 aromatic heterocycles. The molecule has 1 aliphatic heterocycles. The summed E-state index contributed by atoms with van der Waals surface area (Å²) in [5.41, 5.74) is 5.41. The van der Waals surface area contributed by atoms with Gasteiger partial charge in [0.15, 0.2) is 0 Å². The standard InChI is InChI=1S/C22H40N4OS2/c1-5-6-8-15-11-16(12-15)20(29)24-14-17-9-7-10-26(17)21(27)19(22(2,3)4)25-18(28)13-23/h15-17,19H,5-14,23H2,1-4H3,(H,24,29)(H,25,28)/t15-,16-,17?,19-/m1/s1. The quantitative estimate of drug-likeness (QED) is 0.477. The van der Waals surface area contributed by atoms with Crippen molar-refractivity contribution in [2.75, 3.05) is 19.6 Å². The van der Waals surface area contributed by atoms with E-state index in [0.29, 0.717) is 10.9 Å². The van der Waals surface area contributed by atoms with Gasteiger partial charge in [-0.2, -0.15) is 0 Å². The van der Waals surface area contributed by atoms with Crippen LogP contribution in [-0.4, -0.2) is 52.5 Å². The molecule has 4 N–H and O–H groups in total. The molecular formula is C22H40N4OS2. The Balaban J connectivity index is 1.87. The minimum absolute atomic E-state index is 0.117. The summed E-state index contributed by atoms with van der Waals surface area (Å²) in [4.78, 5) is 16.9. The SMILES string of the molecule is CCCC[C@H]1C[C@H](C(=S)NCC2CCCN2C(=O)[C@@H](NC(=S)CN)C(C)(C)C)C1. The first-order valence-electron chi connectivity index (χ1n) is 11.2. The van der Waals surface area contributed by atoms with E-state index in [1.54, 1.807) is 0 Å². The highest BCUT2D eigenvalue weighted by Gasteiger charge is 2.39. The molecule has 5 nitrogen and oxygen atoms in total. The highest BCUT2D eigenvalue weighted by Crippen LogP contribution is 2.37. The van der Waals surface area contributed by atoms with Crippen molar-refractivity contribution in [3.8, 4) is 0 Å². The maximum atomic E-state index is 13.3. The lowest BCUT2D eigenvalue weighted by Crippen LogP contribution is -2.57. The zero-order chi connectivity index (χ0) is 21.6. The lowest BCUT2D eigenvalue weighted by Gasteiger charge is -2.38. The van der Waals surface area contributed by atoms with Gasteiger partial charge in [0.1, 0.15) is 6.04 Å². The Kier molecular flexibility index (Phi) is 9.29. The molecule has 1 amide bonds. The van der Waals surface area contributed by atoms with Crippen LogP contribution in [0.4, 0.5) is 0 Å². The summed E-state index contributed by atoms with van der Waals surface area (Å²) in [6.07, 6.45) is 8.45. The third-order valence-corrected chi connectivity index (χ3v) is 7.11. The lowest BCUT2D eigenvalue weighted by atomic mass is 9.72. The molecule has 7 heteroatoms. The van der Waals surface area contributed by atoms with E-state index in [-0.39, 0.29) is 30.0 Å². The van der Waals surface area contributed by atoms with E-state index in [1.165, 1.54) is 32.1 Å². The smallest absolute Gasteiger partial charge is 0.245 e. The number of nitrogens with zero attached hydrogens (tertiary/aromatic N) is 1. The van der Waals surface area contributed by atoms with Gasteiger partial charge in [0.2, 0.25) is 5.91 Å². The molecule has 1 saturated carbocycles. The van der Waals surface area contributed by atoms with Crippen molar-refractivity contribution in [1.29, 1.82) is 0 Å². The largest absolute Gasteiger partial charge is 0.377 e. The minimum Gasteiger partial charge on any atom is -0.377 e. The fourth-order valence-electron chi connectivity index (χ4n) is 4.41. The van der Waals surface area contributed by atoms with Crippen LogP contribution in [-0.2, 0) is 4.79 Å². The second-order valence-electron chi connectivity index (χ2n) is 9.82. The molecule has 0 aromatic rings. The summed E-state index contributed by atoms with van der Waals surface area (Å²) in [5, 5.41) is 6.68. The zero-order valence-electron chi connectivity index (χ0n) is 18.6. The Hall–Kier alpha value is -0.790. The molecular weight excluding hydrogens is 400 g/mol. The Labute approximate surface area is 187 Å². The third kappa shape index (κ3) is 6.86. The van der Waals surface area contributed by atoms with Crippen LogP contribution in [0.2, 0.25) is 0 Å². The van der Waals surface area contributed by atoms with Crippen LogP contribution < -0.4 is 16.4 Å². The Bertz CT molecular complexity index is 584. The van der Waals surface area contributed by atoms with Gasteiger partial charge < -0.3 is 21.3 Å². The van der Waals surface area contributed by atoms with Crippen LogP contribution in [0.3, 0.4) is 0 Å². The fraction of sp³-hybridized carbons (Fsp3) is 0.864. The number of rotatable bonds is 9. The molecule has 0 bridgehead atoms. The molecule has 2 atom stereocenters. The number of hydrogen-bond acceptors (Lipinski definition) is 4. The number of carbonyl (C=O) groups is 1. The number of carbonyl (C=O) groups excluding carboxylic acids is 1. The molecule has 2 rings (SSSR count). The molecule has 1 saturated heterocycles. The Morgan fingerprint density at radius 1 is 1.28 bits per heavy atom. The number of nitrogens with one attached hydrogen (secondary N) is 2. The van der Waals surface area contributed by atoms with Crippen LogP contribution >= 0.6 is 24.4 Å². The van der Waals surface area contributed by atoms with Crippen LogP contribution in [0.5, 0.6) is 0 Å². The first-order chi connectivity index (χ1) is 13.7. The molecule has 0 radical (unpaired) electrons. The third-order valence-electron chi connectivity index (χ3n) is 6.35. The van der Waals surface area contributed by atoms with Gasteiger partial charge in [0.25, 0.3) is 0 Å². The second-order valence-corrected chi connectivity index (χ2v) is 10.8. The Morgan fingerprint density at radius 3 is 2.55 bits per heavy atom. The number of nitrogens with two attached hydrogens (primary N) is 1. The zero-order valence-corrected chi connectivity index (χ0v) is 20.3. The number of hydrogen-bond donors (Lipinski definition) is 3. The van der Waals surface area contributed by atoms with Crippen LogP contribution in [0.1, 0.15) is 72.6 Å². The number of unbranched alkanes of at least 4 members (excludes halogenated alkanes) is 1. The minimum atomic E-state index is -0.364. The van der Waals surface area contributed by atoms with Gasteiger partial charge >= 0.3 is 0 Å². The molecule has 0 spiro atoms. The van der Waals surface area contributed by atoms with Crippen molar-refractivity contribution in [3.05, 3.63) is 0 Å². The van der Waals surface area contributed by atoms with Gasteiger partial charge in [-0.25, -0.2) is 0 Å². The highest BCUT2D eigenvalue weighted by atomic mass is 32.1. The van der Waals surface area contributed by atoms with Crippen LogP contribution in [0.25, 0.3) is 0 Å². The number of amides is 1. The molecule has 1 aliphatic carbocycles. The number of likely N-dealkylation sites (tertiary alicyclic amines) is 1. The van der Waals surface area contributed by atoms with Crippen LogP contribution in [0.15, 0.2) is 0 Å². The van der Waals surface area contributed by atoms with Gasteiger partial charge in [0.05, 0.1) is 9.98 Å².